The molecule has 0 aliphatic rings. The summed E-state index contributed by atoms with van der Waals surface area (Å²) in [5.41, 5.74) is 0.542. The number of rotatable bonds is 6. The molecule has 0 radical (unpaired) electrons. The highest BCUT2D eigenvalue weighted by Gasteiger charge is 2.19. The van der Waals surface area contributed by atoms with Gasteiger partial charge >= 0.3 is 5.97 Å². The summed E-state index contributed by atoms with van der Waals surface area (Å²) >= 11 is 0. The maximum absolute atomic E-state index is 12.2. The third kappa shape index (κ3) is 3.93. The van der Waals surface area contributed by atoms with Crippen molar-refractivity contribution >= 4 is 16.0 Å². The van der Waals surface area contributed by atoms with Crippen LogP contribution in [0.4, 0.5) is 0 Å². The summed E-state index contributed by atoms with van der Waals surface area (Å²) in [6.07, 6.45) is 1.33. The number of hydrogen-bond donors (Lipinski definition) is 2. The Balaban J connectivity index is 2.14. The average molecular weight is 309 g/mol. The molecule has 0 amide bonds. The minimum atomic E-state index is -3.69. The molecule has 1 atom stereocenters. The van der Waals surface area contributed by atoms with Crippen LogP contribution in [0.25, 0.3) is 0 Å². The van der Waals surface area contributed by atoms with Gasteiger partial charge in [0, 0.05) is 0 Å². The average Bonchev–Trinajstić information content (AvgIpc) is 2.92. The highest BCUT2D eigenvalue weighted by atomic mass is 32.2. The fraction of sp³-hybridized carbons (Fsp3) is 0.214. The molecule has 0 saturated heterocycles. The fourth-order valence-corrected chi connectivity index (χ4v) is 3.07. The molecule has 0 spiro atoms. The van der Waals surface area contributed by atoms with E-state index in [2.05, 4.69) is 4.72 Å². The van der Waals surface area contributed by atoms with Crippen LogP contribution in [0.1, 0.15) is 24.3 Å². The summed E-state index contributed by atoms with van der Waals surface area (Å²) in [6, 6.07) is 8.61. The zero-order valence-electron chi connectivity index (χ0n) is 11.3. The minimum Gasteiger partial charge on any atom is -0.481 e. The van der Waals surface area contributed by atoms with Crippen molar-refractivity contribution in [2.45, 2.75) is 24.3 Å². The van der Waals surface area contributed by atoms with E-state index in [-0.39, 0.29) is 11.3 Å². The number of benzene rings is 1. The summed E-state index contributed by atoms with van der Waals surface area (Å²) < 4.78 is 32.0. The van der Waals surface area contributed by atoms with Crippen molar-refractivity contribution in [3.63, 3.8) is 0 Å². The zero-order chi connectivity index (χ0) is 15.5. The van der Waals surface area contributed by atoms with Gasteiger partial charge in [0.2, 0.25) is 10.0 Å². The van der Waals surface area contributed by atoms with Crippen LogP contribution in [-0.4, -0.2) is 19.5 Å². The summed E-state index contributed by atoms with van der Waals surface area (Å²) in [7, 11) is -3.69. The van der Waals surface area contributed by atoms with Crippen LogP contribution < -0.4 is 4.72 Å². The van der Waals surface area contributed by atoms with E-state index in [0.717, 1.165) is 0 Å². The van der Waals surface area contributed by atoms with Gasteiger partial charge in [-0.05, 0) is 36.8 Å². The van der Waals surface area contributed by atoms with Gasteiger partial charge in [-0.25, -0.2) is 13.1 Å². The van der Waals surface area contributed by atoms with Crippen LogP contribution in [0.3, 0.4) is 0 Å². The van der Waals surface area contributed by atoms with E-state index in [0.29, 0.717) is 11.3 Å². The standard InChI is InChI=1S/C14H15NO5S/c1-10(13-3-2-8-20-13)15-21(18,19)12-6-4-11(5-7-12)9-14(16)17/h2-8,10,15H,9H2,1H3,(H,16,17)/t10-/m1/s1. The SMILES string of the molecule is C[C@@H](NS(=O)(=O)c1ccc(CC(=O)O)cc1)c1ccco1. The third-order valence-corrected chi connectivity index (χ3v) is 4.45. The van der Waals surface area contributed by atoms with Gasteiger partial charge in [0.15, 0.2) is 0 Å². The van der Waals surface area contributed by atoms with Crippen LogP contribution in [0.15, 0.2) is 52.0 Å². The van der Waals surface area contributed by atoms with Gasteiger partial charge < -0.3 is 9.52 Å². The first-order valence-corrected chi connectivity index (χ1v) is 7.73. The quantitative estimate of drug-likeness (QED) is 0.850. The molecule has 6 nitrogen and oxygen atoms in total. The van der Waals surface area contributed by atoms with Crippen LogP contribution in [0.2, 0.25) is 0 Å². The number of aliphatic carboxylic acids is 1. The van der Waals surface area contributed by atoms with E-state index >= 15 is 0 Å². The lowest BCUT2D eigenvalue weighted by Gasteiger charge is -2.12. The molecule has 21 heavy (non-hydrogen) atoms. The van der Waals surface area contributed by atoms with Crippen molar-refractivity contribution in [3.8, 4) is 0 Å². The van der Waals surface area contributed by atoms with E-state index in [1.165, 1.54) is 30.5 Å². The molecule has 0 aliphatic carbocycles. The first-order chi connectivity index (χ1) is 9.88. The van der Waals surface area contributed by atoms with Crippen LogP contribution in [0, 0.1) is 0 Å². The van der Waals surface area contributed by atoms with E-state index < -0.39 is 22.0 Å². The van der Waals surface area contributed by atoms with Crippen molar-refractivity contribution in [1.82, 2.24) is 4.72 Å². The lowest BCUT2D eigenvalue weighted by atomic mass is 10.2. The highest BCUT2D eigenvalue weighted by Crippen LogP contribution is 2.17. The fourth-order valence-electron chi connectivity index (χ4n) is 1.86. The third-order valence-electron chi connectivity index (χ3n) is 2.89. The molecule has 0 saturated carbocycles. The predicted octanol–water partition coefficient (Wildman–Crippen LogP) is 1.95. The van der Waals surface area contributed by atoms with Gasteiger partial charge in [0.1, 0.15) is 5.76 Å². The zero-order valence-corrected chi connectivity index (χ0v) is 12.1. The summed E-state index contributed by atoms with van der Waals surface area (Å²) in [5, 5.41) is 8.68. The van der Waals surface area contributed by atoms with Crippen molar-refractivity contribution in [2.24, 2.45) is 0 Å². The van der Waals surface area contributed by atoms with Crippen LogP contribution in [-0.2, 0) is 21.2 Å². The molecule has 0 fully saturated rings. The molecule has 0 unspecified atom stereocenters. The smallest absolute Gasteiger partial charge is 0.307 e. The molecule has 2 aromatic rings. The Morgan fingerprint density at radius 3 is 2.48 bits per heavy atom. The number of carboxylic acids is 1. The molecule has 1 heterocycles. The molecule has 1 aromatic carbocycles. The molecule has 0 bridgehead atoms. The maximum atomic E-state index is 12.2. The first-order valence-electron chi connectivity index (χ1n) is 6.25. The summed E-state index contributed by atoms with van der Waals surface area (Å²) in [5.74, 6) is -0.448. The van der Waals surface area contributed by atoms with E-state index in [4.69, 9.17) is 9.52 Å². The van der Waals surface area contributed by atoms with Gasteiger partial charge in [-0.3, -0.25) is 4.79 Å². The van der Waals surface area contributed by atoms with Gasteiger partial charge in [0.05, 0.1) is 23.6 Å². The Labute approximate surface area is 122 Å². The van der Waals surface area contributed by atoms with Gasteiger partial charge in [-0.1, -0.05) is 12.1 Å². The van der Waals surface area contributed by atoms with Gasteiger partial charge in [-0.15, -0.1) is 0 Å². The van der Waals surface area contributed by atoms with Crippen LogP contribution in [0.5, 0.6) is 0 Å². The lowest BCUT2D eigenvalue weighted by Crippen LogP contribution is -2.26. The summed E-state index contributed by atoms with van der Waals surface area (Å²) in [4.78, 5) is 10.7. The minimum absolute atomic E-state index is 0.0787. The van der Waals surface area contributed by atoms with E-state index in [1.807, 2.05) is 0 Å². The Morgan fingerprint density at radius 2 is 1.95 bits per heavy atom. The molecular formula is C14H15NO5S. The second kappa shape index (κ2) is 6.11. The topological polar surface area (TPSA) is 96.6 Å². The molecule has 2 N–H and O–H groups in total. The molecule has 2 rings (SSSR count). The Hall–Kier alpha value is -2.12. The van der Waals surface area contributed by atoms with E-state index in [1.54, 1.807) is 19.1 Å². The molecular weight excluding hydrogens is 294 g/mol. The Kier molecular flexibility index (Phi) is 4.44. The van der Waals surface area contributed by atoms with Gasteiger partial charge in [-0.2, -0.15) is 0 Å². The maximum Gasteiger partial charge on any atom is 0.307 e. The molecule has 112 valence electrons. The summed E-state index contributed by atoms with van der Waals surface area (Å²) in [6.45, 7) is 1.68. The monoisotopic (exact) mass is 309 g/mol. The van der Waals surface area contributed by atoms with Crippen molar-refractivity contribution in [3.05, 3.63) is 54.0 Å². The van der Waals surface area contributed by atoms with Crippen LogP contribution >= 0.6 is 0 Å². The predicted molar refractivity (Wildman–Crippen MR) is 75.2 cm³/mol. The van der Waals surface area contributed by atoms with Crippen molar-refractivity contribution in [1.29, 1.82) is 0 Å². The number of nitrogens with one attached hydrogen (secondary N) is 1. The number of sulfonamides is 1. The first kappa shape index (κ1) is 15.3. The largest absolute Gasteiger partial charge is 0.481 e. The number of hydrogen-bond acceptors (Lipinski definition) is 4. The highest BCUT2D eigenvalue weighted by molar-refractivity contribution is 7.89. The number of carboxylic acid groups (broad SMARTS) is 1. The number of carbonyl (C=O) groups is 1. The van der Waals surface area contributed by atoms with Crippen molar-refractivity contribution in [2.75, 3.05) is 0 Å². The normalized spacial score (nSPS) is 13.0. The molecule has 1 aromatic heterocycles. The lowest BCUT2D eigenvalue weighted by molar-refractivity contribution is -0.136. The van der Waals surface area contributed by atoms with Crippen molar-refractivity contribution < 1.29 is 22.7 Å². The second-order valence-corrected chi connectivity index (χ2v) is 6.29. The second-order valence-electron chi connectivity index (χ2n) is 4.57. The molecule has 0 aliphatic heterocycles. The Bertz CT molecular complexity index is 704. The molecule has 7 heteroatoms. The number of furan rings is 1. The van der Waals surface area contributed by atoms with Gasteiger partial charge in [0.25, 0.3) is 0 Å². The Morgan fingerprint density at radius 1 is 1.29 bits per heavy atom. The van der Waals surface area contributed by atoms with E-state index in [9.17, 15) is 13.2 Å².